The maximum atomic E-state index is 12.5. The maximum absolute atomic E-state index is 12.5. The number of fused-ring (bicyclic) bond motifs is 3. The minimum Gasteiger partial charge on any atom is -0.462 e. The Morgan fingerprint density at radius 2 is 2.13 bits per heavy atom. The van der Waals surface area contributed by atoms with Gasteiger partial charge in [-0.2, -0.15) is 15.2 Å². The molecular weight excluding hydrogens is 488 g/mol. The molecular formula is C31H36N6O2. The Morgan fingerprint density at radius 3 is 2.92 bits per heavy atom. The molecule has 4 aliphatic rings. The van der Waals surface area contributed by atoms with Crippen molar-refractivity contribution in [3.05, 3.63) is 65.4 Å². The molecule has 2 saturated heterocycles. The summed E-state index contributed by atoms with van der Waals surface area (Å²) in [6, 6.07) is 11.5. The molecule has 0 radical (unpaired) electrons. The van der Waals surface area contributed by atoms with Gasteiger partial charge in [-0.25, -0.2) is 0 Å². The van der Waals surface area contributed by atoms with Gasteiger partial charge in [0.15, 0.2) is 0 Å². The first-order valence-electron chi connectivity index (χ1n) is 14.1. The van der Waals surface area contributed by atoms with Crippen molar-refractivity contribution >= 4 is 17.8 Å². The molecule has 1 aromatic heterocycles. The normalized spacial score (nSPS) is 25.8. The van der Waals surface area contributed by atoms with Crippen molar-refractivity contribution in [2.24, 2.45) is 0 Å². The molecule has 8 heteroatoms. The van der Waals surface area contributed by atoms with Crippen molar-refractivity contribution in [3.8, 4) is 12.1 Å². The van der Waals surface area contributed by atoms with Crippen molar-refractivity contribution in [1.29, 1.82) is 5.26 Å². The van der Waals surface area contributed by atoms with Gasteiger partial charge in [-0.1, -0.05) is 43.0 Å². The van der Waals surface area contributed by atoms with Crippen LogP contribution in [0, 0.1) is 11.3 Å². The number of anilines is 1. The average Bonchev–Trinajstić information content (AvgIpc) is 3.54. The van der Waals surface area contributed by atoms with Gasteiger partial charge in [0.1, 0.15) is 12.4 Å². The van der Waals surface area contributed by atoms with E-state index in [4.69, 9.17) is 14.7 Å². The van der Waals surface area contributed by atoms with Crippen LogP contribution in [-0.4, -0.2) is 77.6 Å². The standard InChI is InChI=1S/C31H36N6O2/c1-3-28(38)37-18-17-36(20-23(37)12-15-32)29-25-11-14-31(13-10-22-7-4-5-9-26(22)31)19-27(25)33-30(34-29)39-21-24-8-6-16-35(24)2/h3-5,7,9-10,13,23-24H,1,6,8,11-12,14,16-21H2,2H3/t23-,24-,31?/m0/s1. The van der Waals surface area contributed by atoms with E-state index in [2.05, 4.69) is 65.9 Å². The molecule has 1 unspecified atom stereocenters. The fraction of sp³-hybridized carbons (Fsp3) is 0.484. The van der Waals surface area contributed by atoms with Gasteiger partial charge >= 0.3 is 6.01 Å². The van der Waals surface area contributed by atoms with Crippen LogP contribution in [0.1, 0.15) is 48.1 Å². The second-order valence-corrected chi connectivity index (χ2v) is 11.3. The van der Waals surface area contributed by atoms with E-state index in [1.54, 1.807) is 4.90 Å². The lowest BCUT2D eigenvalue weighted by molar-refractivity contribution is -0.128. The summed E-state index contributed by atoms with van der Waals surface area (Å²) in [7, 11) is 2.15. The Hall–Kier alpha value is -3.70. The van der Waals surface area contributed by atoms with Crippen LogP contribution in [0.25, 0.3) is 6.08 Å². The number of nitrogens with zero attached hydrogens (tertiary/aromatic N) is 6. The minimum absolute atomic E-state index is 0.0590. The van der Waals surface area contributed by atoms with Crippen LogP contribution in [0.4, 0.5) is 5.82 Å². The van der Waals surface area contributed by atoms with Gasteiger partial charge in [0.2, 0.25) is 5.91 Å². The molecule has 1 spiro atoms. The highest BCUT2D eigenvalue weighted by atomic mass is 16.5. The highest BCUT2D eigenvalue weighted by Gasteiger charge is 2.41. The first kappa shape index (κ1) is 25.6. The fourth-order valence-electron chi connectivity index (χ4n) is 6.86. The molecule has 8 nitrogen and oxygen atoms in total. The van der Waals surface area contributed by atoms with Crippen LogP contribution in [0.3, 0.4) is 0 Å². The van der Waals surface area contributed by atoms with Gasteiger partial charge in [-0.3, -0.25) is 4.79 Å². The van der Waals surface area contributed by atoms with E-state index in [0.29, 0.717) is 38.3 Å². The third-order valence-electron chi connectivity index (χ3n) is 9.08. The highest BCUT2D eigenvalue weighted by molar-refractivity contribution is 5.87. The van der Waals surface area contributed by atoms with Crippen molar-refractivity contribution < 1.29 is 9.53 Å². The first-order chi connectivity index (χ1) is 19.0. The number of allylic oxidation sites excluding steroid dienone is 1. The molecule has 0 N–H and O–H groups in total. The molecule has 6 rings (SSSR count). The Morgan fingerprint density at radius 1 is 1.26 bits per heavy atom. The Kier molecular flexibility index (Phi) is 6.86. The van der Waals surface area contributed by atoms with Gasteiger partial charge in [0.25, 0.3) is 0 Å². The number of aromatic nitrogens is 2. The highest BCUT2D eigenvalue weighted by Crippen LogP contribution is 2.46. The van der Waals surface area contributed by atoms with Crippen LogP contribution in [0.15, 0.2) is 43.0 Å². The van der Waals surface area contributed by atoms with Crippen molar-refractivity contribution in [3.63, 3.8) is 0 Å². The largest absolute Gasteiger partial charge is 0.462 e. The van der Waals surface area contributed by atoms with E-state index in [1.165, 1.54) is 29.2 Å². The topological polar surface area (TPSA) is 85.6 Å². The predicted octanol–water partition coefficient (Wildman–Crippen LogP) is 3.52. The number of likely N-dealkylation sites (tertiary alicyclic amines) is 1. The van der Waals surface area contributed by atoms with E-state index >= 15 is 0 Å². The molecule has 2 aliphatic carbocycles. The number of hydrogen-bond acceptors (Lipinski definition) is 7. The summed E-state index contributed by atoms with van der Waals surface area (Å²) in [5, 5.41) is 9.49. The zero-order chi connectivity index (χ0) is 27.0. The van der Waals surface area contributed by atoms with Crippen molar-refractivity contribution in [2.75, 3.05) is 44.7 Å². The van der Waals surface area contributed by atoms with E-state index in [1.807, 2.05) is 0 Å². The molecule has 0 saturated carbocycles. The molecule has 39 heavy (non-hydrogen) atoms. The first-order valence-corrected chi connectivity index (χ1v) is 14.1. The van der Waals surface area contributed by atoms with E-state index < -0.39 is 0 Å². The SMILES string of the molecule is C=CC(=O)N1CCN(c2nc(OC[C@@H]3CCCN3C)nc3c2CCC2(C=Cc4ccccc42)C3)C[C@@H]1CC#N. The number of rotatable bonds is 6. The smallest absolute Gasteiger partial charge is 0.318 e. The summed E-state index contributed by atoms with van der Waals surface area (Å²) >= 11 is 0. The zero-order valence-electron chi connectivity index (χ0n) is 22.7. The fourth-order valence-corrected chi connectivity index (χ4v) is 6.86. The molecule has 3 atom stereocenters. The lowest BCUT2D eigenvalue weighted by atomic mass is 9.70. The number of amides is 1. The van der Waals surface area contributed by atoms with Gasteiger partial charge in [-0.15, -0.1) is 0 Å². The Bertz CT molecular complexity index is 1350. The summed E-state index contributed by atoms with van der Waals surface area (Å²) in [6.45, 7) is 7.03. The monoisotopic (exact) mass is 524 g/mol. The molecule has 202 valence electrons. The summed E-state index contributed by atoms with van der Waals surface area (Å²) in [6.07, 6.45) is 11.2. The van der Waals surface area contributed by atoms with Crippen LogP contribution >= 0.6 is 0 Å². The molecule has 0 bridgehead atoms. The van der Waals surface area contributed by atoms with Crippen LogP contribution in [0.5, 0.6) is 6.01 Å². The number of carbonyl (C=O) groups excluding carboxylic acids is 1. The third kappa shape index (κ3) is 4.70. The summed E-state index contributed by atoms with van der Waals surface area (Å²) in [5.74, 6) is 0.770. The summed E-state index contributed by atoms with van der Waals surface area (Å²) in [5.41, 5.74) is 4.82. The number of nitriles is 1. The van der Waals surface area contributed by atoms with Crippen LogP contribution in [-0.2, 0) is 23.1 Å². The van der Waals surface area contributed by atoms with E-state index in [0.717, 1.165) is 43.7 Å². The molecule has 1 amide bonds. The van der Waals surface area contributed by atoms with Gasteiger partial charge in [0.05, 0.1) is 24.2 Å². The number of likely N-dealkylation sites (N-methyl/N-ethyl adjacent to an activating group) is 1. The van der Waals surface area contributed by atoms with Crippen LogP contribution < -0.4 is 9.64 Å². The van der Waals surface area contributed by atoms with Gasteiger partial charge in [-0.05, 0) is 56.5 Å². The second kappa shape index (κ2) is 10.5. The molecule has 3 heterocycles. The lowest BCUT2D eigenvalue weighted by Gasteiger charge is -2.42. The van der Waals surface area contributed by atoms with Crippen LogP contribution in [0.2, 0.25) is 0 Å². The van der Waals surface area contributed by atoms with Gasteiger partial charge < -0.3 is 19.4 Å². The summed E-state index contributed by atoms with van der Waals surface area (Å²) in [4.78, 5) is 28.8. The predicted molar refractivity (Wildman–Crippen MR) is 150 cm³/mol. The molecule has 2 fully saturated rings. The van der Waals surface area contributed by atoms with E-state index in [-0.39, 0.29) is 23.8 Å². The zero-order valence-corrected chi connectivity index (χ0v) is 22.7. The third-order valence-corrected chi connectivity index (χ3v) is 9.08. The lowest BCUT2D eigenvalue weighted by Crippen LogP contribution is -2.55. The summed E-state index contributed by atoms with van der Waals surface area (Å²) < 4.78 is 6.29. The number of benzene rings is 1. The quantitative estimate of drug-likeness (QED) is 0.535. The molecule has 1 aromatic carbocycles. The maximum Gasteiger partial charge on any atom is 0.318 e. The minimum atomic E-state index is -0.212. The number of piperazine rings is 1. The number of carbonyl (C=O) groups is 1. The van der Waals surface area contributed by atoms with Gasteiger partial charge in [0, 0.05) is 43.1 Å². The van der Waals surface area contributed by atoms with Crippen molar-refractivity contribution in [1.82, 2.24) is 19.8 Å². The number of ether oxygens (including phenoxy) is 1. The average molecular weight is 525 g/mol. The van der Waals surface area contributed by atoms with Crippen molar-refractivity contribution in [2.45, 2.75) is 56.0 Å². The molecule has 2 aliphatic heterocycles. The molecule has 2 aromatic rings. The second-order valence-electron chi connectivity index (χ2n) is 11.3. The van der Waals surface area contributed by atoms with E-state index in [9.17, 15) is 10.1 Å². The Labute approximate surface area is 230 Å². The Balaban J connectivity index is 1.34. The number of hydrogen-bond donors (Lipinski definition) is 0.